The summed E-state index contributed by atoms with van der Waals surface area (Å²) in [7, 11) is 0. The first-order valence-electron chi connectivity index (χ1n) is 7.20. The van der Waals surface area contributed by atoms with Gasteiger partial charge >= 0.3 is 0 Å². The van der Waals surface area contributed by atoms with Gasteiger partial charge in [-0.1, -0.05) is 30.3 Å². The smallest absolute Gasteiger partial charge is 0.134 e. The molecule has 3 heteroatoms. The zero-order chi connectivity index (χ0) is 13.9. The zero-order valence-electron chi connectivity index (χ0n) is 11.8. The average Bonchev–Trinajstić information content (AvgIpc) is 2.70. The summed E-state index contributed by atoms with van der Waals surface area (Å²) in [6.07, 6.45) is 3.39. The summed E-state index contributed by atoms with van der Waals surface area (Å²) in [6, 6.07) is 12.5. The van der Waals surface area contributed by atoms with Gasteiger partial charge in [-0.05, 0) is 37.0 Å². The Morgan fingerprint density at radius 3 is 2.30 bits per heavy atom. The van der Waals surface area contributed by atoms with E-state index in [1.165, 1.54) is 11.1 Å². The highest BCUT2D eigenvalue weighted by Gasteiger charge is 2.18. The number of hydrogen-bond acceptors (Lipinski definition) is 3. The summed E-state index contributed by atoms with van der Waals surface area (Å²) < 4.78 is 0. The van der Waals surface area contributed by atoms with Crippen molar-refractivity contribution < 1.29 is 5.11 Å². The van der Waals surface area contributed by atoms with E-state index in [0.29, 0.717) is 0 Å². The van der Waals surface area contributed by atoms with Gasteiger partial charge < -0.3 is 10.0 Å². The molecule has 1 N–H and O–H groups in total. The molecule has 2 aromatic rings. The van der Waals surface area contributed by atoms with E-state index in [1.54, 1.807) is 13.1 Å². The maximum atomic E-state index is 9.91. The number of anilines is 1. The average molecular weight is 268 g/mol. The third-order valence-electron chi connectivity index (χ3n) is 3.99. The van der Waals surface area contributed by atoms with Crippen LogP contribution in [0.15, 0.2) is 42.6 Å². The van der Waals surface area contributed by atoms with Crippen molar-refractivity contribution >= 4 is 5.82 Å². The predicted molar refractivity (Wildman–Crippen MR) is 80.9 cm³/mol. The van der Waals surface area contributed by atoms with Crippen LogP contribution in [0.4, 0.5) is 5.82 Å². The Kier molecular flexibility index (Phi) is 3.70. The second-order valence-corrected chi connectivity index (χ2v) is 5.35. The van der Waals surface area contributed by atoms with Crippen LogP contribution < -0.4 is 4.90 Å². The van der Waals surface area contributed by atoms with E-state index in [4.69, 9.17) is 0 Å². The molecule has 0 saturated heterocycles. The number of aliphatic hydroxyl groups is 1. The quantitative estimate of drug-likeness (QED) is 0.910. The Labute approximate surface area is 119 Å². The van der Waals surface area contributed by atoms with Crippen LogP contribution >= 0.6 is 0 Å². The minimum atomic E-state index is -0.482. The SMILES string of the molecule is CC(O)c1cccnc1N1CCc2ccccc2CC1. The van der Waals surface area contributed by atoms with Gasteiger partial charge in [0.25, 0.3) is 0 Å². The fraction of sp³-hybridized carbons (Fsp3) is 0.353. The van der Waals surface area contributed by atoms with Crippen LogP contribution in [-0.2, 0) is 12.8 Å². The van der Waals surface area contributed by atoms with Crippen molar-refractivity contribution in [2.75, 3.05) is 18.0 Å². The van der Waals surface area contributed by atoms with E-state index in [1.807, 2.05) is 12.1 Å². The number of aliphatic hydroxyl groups excluding tert-OH is 1. The maximum absolute atomic E-state index is 9.91. The first kappa shape index (κ1) is 13.1. The lowest BCUT2D eigenvalue weighted by molar-refractivity contribution is 0.199. The molecule has 104 valence electrons. The largest absolute Gasteiger partial charge is 0.389 e. The maximum Gasteiger partial charge on any atom is 0.134 e. The highest BCUT2D eigenvalue weighted by atomic mass is 16.3. The van der Waals surface area contributed by atoms with Gasteiger partial charge in [0.2, 0.25) is 0 Å². The Bertz CT molecular complexity index is 568. The summed E-state index contributed by atoms with van der Waals surface area (Å²) >= 11 is 0. The molecule has 1 aliphatic heterocycles. The minimum Gasteiger partial charge on any atom is -0.389 e. The number of hydrogen-bond donors (Lipinski definition) is 1. The van der Waals surface area contributed by atoms with Crippen LogP contribution in [0.25, 0.3) is 0 Å². The van der Waals surface area contributed by atoms with Crippen LogP contribution in [0.5, 0.6) is 0 Å². The topological polar surface area (TPSA) is 36.4 Å². The Morgan fingerprint density at radius 2 is 1.70 bits per heavy atom. The lowest BCUT2D eigenvalue weighted by atomic mass is 10.0. The minimum absolute atomic E-state index is 0.482. The first-order chi connectivity index (χ1) is 9.75. The second kappa shape index (κ2) is 5.63. The number of nitrogens with zero attached hydrogens (tertiary/aromatic N) is 2. The summed E-state index contributed by atoms with van der Waals surface area (Å²) in [5.74, 6) is 0.926. The van der Waals surface area contributed by atoms with Crippen molar-refractivity contribution in [3.8, 4) is 0 Å². The highest BCUT2D eigenvalue weighted by molar-refractivity contribution is 5.49. The van der Waals surface area contributed by atoms with Gasteiger partial charge in [0.15, 0.2) is 0 Å². The molecular weight excluding hydrogens is 248 g/mol. The van der Waals surface area contributed by atoms with Gasteiger partial charge in [-0.2, -0.15) is 0 Å². The molecule has 0 amide bonds. The highest BCUT2D eigenvalue weighted by Crippen LogP contribution is 2.26. The summed E-state index contributed by atoms with van der Waals surface area (Å²) in [5, 5.41) is 9.91. The number of rotatable bonds is 2. The molecule has 3 rings (SSSR count). The normalized spacial score (nSPS) is 16.4. The number of pyridine rings is 1. The third-order valence-corrected chi connectivity index (χ3v) is 3.99. The van der Waals surface area contributed by atoms with Crippen molar-refractivity contribution in [3.05, 3.63) is 59.3 Å². The van der Waals surface area contributed by atoms with Crippen LogP contribution in [0.3, 0.4) is 0 Å². The van der Waals surface area contributed by atoms with Gasteiger partial charge in [0, 0.05) is 24.8 Å². The van der Waals surface area contributed by atoms with Crippen molar-refractivity contribution in [1.29, 1.82) is 0 Å². The molecule has 1 unspecified atom stereocenters. The van der Waals surface area contributed by atoms with Gasteiger partial charge in [0.05, 0.1) is 6.10 Å². The van der Waals surface area contributed by atoms with Crippen molar-refractivity contribution in [1.82, 2.24) is 4.98 Å². The standard InChI is InChI=1S/C17H20N2O/c1-13(20)16-7-4-10-18-17(16)19-11-8-14-5-2-3-6-15(14)9-12-19/h2-7,10,13,20H,8-9,11-12H2,1H3. The molecule has 2 heterocycles. The van der Waals surface area contributed by atoms with Crippen molar-refractivity contribution in [2.24, 2.45) is 0 Å². The predicted octanol–water partition coefficient (Wildman–Crippen LogP) is 2.74. The molecule has 1 aromatic carbocycles. The third kappa shape index (κ3) is 2.54. The van der Waals surface area contributed by atoms with Crippen LogP contribution in [0.1, 0.15) is 29.7 Å². The lowest BCUT2D eigenvalue weighted by Gasteiger charge is -2.24. The number of benzene rings is 1. The molecule has 3 nitrogen and oxygen atoms in total. The van der Waals surface area contributed by atoms with E-state index in [-0.39, 0.29) is 0 Å². The van der Waals surface area contributed by atoms with E-state index in [9.17, 15) is 5.11 Å². The molecule has 0 spiro atoms. The summed E-state index contributed by atoms with van der Waals surface area (Å²) in [4.78, 5) is 6.79. The monoisotopic (exact) mass is 268 g/mol. The lowest BCUT2D eigenvalue weighted by Crippen LogP contribution is -2.28. The molecule has 0 saturated carbocycles. The fourth-order valence-corrected chi connectivity index (χ4v) is 2.88. The molecule has 20 heavy (non-hydrogen) atoms. The fourth-order valence-electron chi connectivity index (χ4n) is 2.88. The van der Waals surface area contributed by atoms with Crippen molar-refractivity contribution in [2.45, 2.75) is 25.9 Å². The Hall–Kier alpha value is -1.87. The van der Waals surface area contributed by atoms with E-state index in [0.717, 1.165) is 37.3 Å². The second-order valence-electron chi connectivity index (χ2n) is 5.35. The van der Waals surface area contributed by atoms with Crippen molar-refractivity contribution in [3.63, 3.8) is 0 Å². The molecule has 1 atom stereocenters. The Morgan fingerprint density at radius 1 is 1.05 bits per heavy atom. The molecular formula is C17H20N2O. The van der Waals surface area contributed by atoms with Gasteiger partial charge in [-0.15, -0.1) is 0 Å². The molecule has 0 bridgehead atoms. The van der Waals surface area contributed by atoms with Crippen LogP contribution in [0, 0.1) is 0 Å². The zero-order valence-corrected chi connectivity index (χ0v) is 11.8. The Balaban J connectivity index is 1.87. The van der Waals surface area contributed by atoms with Gasteiger partial charge in [-0.3, -0.25) is 0 Å². The number of fused-ring (bicyclic) bond motifs is 1. The van der Waals surface area contributed by atoms with Crippen LogP contribution in [-0.4, -0.2) is 23.2 Å². The molecule has 0 radical (unpaired) electrons. The summed E-state index contributed by atoms with van der Waals surface area (Å²) in [5.41, 5.74) is 3.78. The molecule has 1 aromatic heterocycles. The van der Waals surface area contributed by atoms with Gasteiger partial charge in [0.1, 0.15) is 5.82 Å². The molecule has 0 aliphatic carbocycles. The van der Waals surface area contributed by atoms with E-state index in [2.05, 4.69) is 34.1 Å². The van der Waals surface area contributed by atoms with Crippen LogP contribution in [0.2, 0.25) is 0 Å². The summed E-state index contributed by atoms with van der Waals surface area (Å²) in [6.45, 7) is 3.70. The number of aromatic nitrogens is 1. The van der Waals surface area contributed by atoms with Gasteiger partial charge in [-0.25, -0.2) is 4.98 Å². The van der Waals surface area contributed by atoms with E-state index >= 15 is 0 Å². The van der Waals surface area contributed by atoms with E-state index < -0.39 is 6.10 Å². The first-order valence-corrected chi connectivity index (χ1v) is 7.20. The molecule has 1 aliphatic rings. The molecule has 0 fully saturated rings.